The van der Waals surface area contributed by atoms with Crippen molar-refractivity contribution in [2.75, 3.05) is 4.72 Å². The Bertz CT molecular complexity index is 725. The van der Waals surface area contributed by atoms with Gasteiger partial charge in [0.2, 0.25) is 0 Å². The van der Waals surface area contributed by atoms with Crippen molar-refractivity contribution in [3.8, 4) is 0 Å². The van der Waals surface area contributed by atoms with E-state index in [0.717, 1.165) is 0 Å². The fourth-order valence-corrected chi connectivity index (χ4v) is 4.15. The smallest absolute Gasteiger partial charge is 0.266 e. The topological polar surface area (TPSA) is 79.5 Å². The van der Waals surface area contributed by atoms with Crippen molar-refractivity contribution in [3.05, 3.63) is 44.7 Å². The van der Waals surface area contributed by atoms with Crippen LogP contribution in [0.25, 0.3) is 0 Å². The lowest BCUT2D eigenvalue weighted by Gasteiger charge is -2.10. The van der Waals surface area contributed by atoms with Crippen molar-refractivity contribution < 1.29 is 17.9 Å². The molecule has 0 bridgehead atoms. The molecule has 2 N–H and O–H groups in total. The summed E-state index contributed by atoms with van der Waals surface area (Å²) in [4.78, 5) is -0.155. The molecule has 1 aromatic heterocycles. The predicted molar refractivity (Wildman–Crippen MR) is 79.6 cm³/mol. The second-order valence-corrected chi connectivity index (χ2v) is 6.90. The minimum absolute atomic E-state index is 0.0165. The number of nitrogens with one attached hydrogen (secondary N) is 1. The molecule has 108 valence electrons. The van der Waals surface area contributed by atoms with Gasteiger partial charge in [-0.05, 0) is 28.1 Å². The van der Waals surface area contributed by atoms with E-state index >= 15 is 0 Å². The molecule has 0 amide bonds. The van der Waals surface area contributed by atoms with Gasteiger partial charge in [0, 0.05) is 6.07 Å². The summed E-state index contributed by atoms with van der Waals surface area (Å²) in [5.41, 5.74) is 0.0782. The van der Waals surface area contributed by atoms with E-state index in [0.29, 0.717) is 0 Å². The van der Waals surface area contributed by atoms with Gasteiger partial charge in [0.1, 0.15) is 17.3 Å². The molecule has 0 saturated heterocycles. The number of benzene rings is 1. The van der Waals surface area contributed by atoms with E-state index in [2.05, 4.69) is 20.7 Å². The highest BCUT2D eigenvalue weighted by Gasteiger charge is 2.24. The summed E-state index contributed by atoms with van der Waals surface area (Å²) in [6.07, 6.45) is 0. The summed E-state index contributed by atoms with van der Waals surface area (Å²) in [6, 6.07) is 5.82. The van der Waals surface area contributed by atoms with Gasteiger partial charge in [0.05, 0.1) is 15.7 Å². The molecule has 2 aromatic rings. The first kappa shape index (κ1) is 15.7. The van der Waals surface area contributed by atoms with Gasteiger partial charge in [-0.25, -0.2) is 8.42 Å². The Morgan fingerprint density at radius 3 is 2.40 bits per heavy atom. The quantitative estimate of drug-likeness (QED) is 0.820. The second-order valence-electron chi connectivity index (χ2n) is 3.71. The van der Waals surface area contributed by atoms with Crippen molar-refractivity contribution in [2.45, 2.75) is 11.5 Å². The van der Waals surface area contributed by atoms with E-state index in [-0.39, 0.29) is 31.1 Å². The monoisotopic (exact) mass is 399 g/mol. The lowest BCUT2D eigenvalue weighted by atomic mass is 10.3. The van der Waals surface area contributed by atoms with E-state index in [1.54, 1.807) is 6.07 Å². The molecule has 1 aromatic carbocycles. The van der Waals surface area contributed by atoms with Crippen LogP contribution in [0.4, 0.5) is 5.69 Å². The Morgan fingerprint density at radius 1 is 1.30 bits per heavy atom. The summed E-state index contributed by atoms with van der Waals surface area (Å²) in [5, 5.41) is 9.29. The minimum Gasteiger partial charge on any atom is -0.450 e. The van der Waals surface area contributed by atoms with Crippen molar-refractivity contribution in [1.29, 1.82) is 0 Å². The Hall–Kier alpha value is -0.730. The summed E-state index contributed by atoms with van der Waals surface area (Å²) in [5.74, 6) is 0.113. The highest BCUT2D eigenvalue weighted by atomic mass is 79.9. The molecule has 0 fully saturated rings. The molecule has 9 heteroatoms. The van der Waals surface area contributed by atoms with Crippen LogP contribution in [-0.4, -0.2) is 13.5 Å². The molecule has 20 heavy (non-hydrogen) atoms. The fourth-order valence-electron chi connectivity index (χ4n) is 1.44. The van der Waals surface area contributed by atoms with Crippen molar-refractivity contribution in [1.82, 2.24) is 0 Å². The van der Waals surface area contributed by atoms with E-state index in [4.69, 9.17) is 32.7 Å². The summed E-state index contributed by atoms with van der Waals surface area (Å²) >= 11 is 14.8. The first-order valence-electron chi connectivity index (χ1n) is 5.21. The number of sulfonamides is 1. The Kier molecular flexibility index (Phi) is 4.66. The zero-order valence-electron chi connectivity index (χ0n) is 9.73. The largest absolute Gasteiger partial charge is 0.450 e. The molecular weight excluding hydrogens is 393 g/mol. The van der Waals surface area contributed by atoms with Crippen LogP contribution in [0.3, 0.4) is 0 Å². The molecule has 0 unspecified atom stereocenters. The summed E-state index contributed by atoms with van der Waals surface area (Å²) in [6.45, 7) is -0.416. The van der Waals surface area contributed by atoms with Gasteiger partial charge in [0.15, 0.2) is 4.67 Å². The number of aliphatic hydroxyl groups is 1. The second kappa shape index (κ2) is 5.95. The first-order chi connectivity index (χ1) is 9.35. The molecule has 0 aliphatic carbocycles. The third-order valence-electron chi connectivity index (χ3n) is 2.35. The average Bonchev–Trinajstić information content (AvgIpc) is 2.76. The number of furan rings is 1. The van der Waals surface area contributed by atoms with E-state index in [1.165, 1.54) is 18.2 Å². The van der Waals surface area contributed by atoms with Crippen LogP contribution >= 0.6 is 39.1 Å². The Labute approximate surface area is 133 Å². The van der Waals surface area contributed by atoms with Crippen LogP contribution in [0, 0.1) is 0 Å². The lowest BCUT2D eigenvalue weighted by molar-refractivity contribution is 0.245. The number of hydrogen-bond acceptors (Lipinski definition) is 4. The maximum Gasteiger partial charge on any atom is 0.266 e. The standard InChI is InChI=1S/C11H8BrCl2NO4S/c12-11-9(4-6(5-16)19-11)20(17,18)15-10-7(13)2-1-3-8(10)14/h1-4,15-16H,5H2. The van der Waals surface area contributed by atoms with Crippen LogP contribution in [0.2, 0.25) is 10.0 Å². The SMILES string of the molecule is O=S(=O)(Nc1c(Cl)cccc1Cl)c1cc(CO)oc1Br. The van der Waals surface area contributed by atoms with Crippen molar-refractivity contribution in [2.24, 2.45) is 0 Å². The summed E-state index contributed by atoms with van der Waals surface area (Å²) < 4.78 is 31.8. The van der Waals surface area contributed by atoms with Crippen LogP contribution < -0.4 is 4.72 Å². The number of halogens is 3. The molecule has 5 nitrogen and oxygen atoms in total. The lowest BCUT2D eigenvalue weighted by Crippen LogP contribution is -2.13. The molecule has 0 saturated carbocycles. The van der Waals surface area contributed by atoms with E-state index < -0.39 is 16.6 Å². The van der Waals surface area contributed by atoms with Gasteiger partial charge in [-0.1, -0.05) is 29.3 Å². The number of para-hydroxylation sites is 1. The Balaban J connectivity index is 2.43. The first-order valence-corrected chi connectivity index (χ1v) is 8.24. The van der Waals surface area contributed by atoms with E-state index in [1.807, 2.05) is 0 Å². The zero-order chi connectivity index (χ0) is 14.9. The fraction of sp³-hybridized carbons (Fsp3) is 0.0909. The van der Waals surface area contributed by atoms with Gasteiger partial charge in [0.25, 0.3) is 10.0 Å². The normalized spacial score (nSPS) is 11.6. The van der Waals surface area contributed by atoms with Crippen LogP contribution in [0.15, 0.2) is 38.2 Å². The molecule has 0 aliphatic heterocycles. The third-order valence-corrected chi connectivity index (χ3v) is 5.19. The zero-order valence-corrected chi connectivity index (χ0v) is 13.6. The maximum absolute atomic E-state index is 12.3. The number of anilines is 1. The number of aliphatic hydroxyl groups excluding tert-OH is 1. The van der Waals surface area contributed by atoms with Gasteiger partial charge in [-0.2, -0.15) is 0 Å². The summed E-state index contributed by atoms with van der Waals surface area (Å²) in [7, 11) is -3.95. The van der Waals surface area contributed by atoms with Gasteiger partial charge in [-0.15, -0.1) is 0 Å². The van der Waals surface area contributed by atoms with Crippen molar-refractivity contribution in [3.63, 3.8) is 0 Å². The van der Waals surface area contributed by atoms with Gasteiger partial charge in [-0.3, -0.25) is 4.72 Å². The molecule has 0 aliphatic rings. The average molecular weight is 401 g/mol. The van der Waals surface area contributed by atoms with Crippen LogP contribution in [0.1, 0.15) is 5.76 Å². The van der Waals surface area contributed by atoms with Gasteiger partial charge >= 0.3 is 0 Å². The van der Waals surface area contributed by atoms with Crippen LogP contribution in [0.5, 0.6) is 0 Å². The number of rotatable bonds is 4. The highest BCUT2D eigenvalue weighted by Crippen LogP contribution is 2.34. The highest BCUT2D eigenvalue weighted by molar-refractivity contribution is 9.10. The predicted octanol–water partition coefficient (Wildman–Crippen LogP) is 3.64. The maximum atomic E-state index is 12.3. The third kappa shape index (κ3) is 3.12. The molecule has 0 radical (unpaired) electrons. The molecular formula is C11H8BrCl2NO4S. The molecule has 1 heterocycles. The van der Waals surface area contributed by atoms with Crippen molar-refractivity contribution >= 4 is 54.8 Å². The van der Waals surface area contributed by atoms with Gasteiger partial charge < -0.3 is 9.52 Å². The molecule has 0 atom stereocenters. The molecule has 2 rings (SSSR count). The minimum atomic E-state index is -3.95. The van der Waals surface area contributed by atoms with E-state index in [9.17, 15) is 8.42 Å². The van der Waals surface area contributed by atoms with Crippen LogP contribution in [-0.2, 0) is 16.6 Å². The number of hydrogen-bond donors (Lipinski definition) is 2. The molecule has 0 spiro atoms. The Morgan fingerprint density at radius 2 is 1.90 bits per heavy atom.